The summed E-state index contributed by atoms with van der Waals surface area (Å²) >= 11 is 0.931. The first-order chi connectivity index (χ1) is 43.2. The molecule has 0 aromatic carbocycles. The van der Waals surface area contributed by atoms with Crippen LogP contribution in [0.1, 0.15) is 111 Å². The van der Waals surface area contributed by atoms with Gasteiger partial charge in [0.25, 0.3) is 0 Å². The van der Waals surface area contributed by atoms with Gasteiger partial charge in [0.2, 0.25) is 53.2 Å². The molecular weight excluding hydrogens is 1200 g/mol. The van der Waals surface area contributed by atoms with Gasteiger partial charge in [-0.25, -0.2) is 0 Å². The first-order valence-electron chi connectivity index (χ1n) is 30.9. The first kappa shape index (κ1) is 86.3. The lowest BCUT2D eigenvalue weighted by Gasteiger charge is -2.16. The van der Waals surface area contributed by atoms with Crippen molar-refractivity contribution >= 4 is 81.6 Å². The molecule has 0 unspecified atom stereocenters. The minimum absolute atomic E-state index is 0.0111. The number of thioether (sulfide) groups is 1. The Morgan fingerprint density at radius 2 is 0.822 bits per heavy atom. The van der Waals surface area contributed by atoms with Crippen LogP contribution >= 0.6 is 11.8 Å². The van der Waals surface area contributed by atoms with Gasteiger partial charge in [0.05, 0.1) is 104 Å². The van der Waals surface area contributed by atoms with Gasteiger partial charge in [-0.2, -0.15) is 0 Å². The lowest BCUT2D eigenvalue weighted by atomic mass is 9.95. The number of nitrogens with two attached hydrogens (primary N) is 2. The van der Waals surface area contributed by atoms with Crippen LogP contribution in [0.25, 0.3) is 0 Å². The summed E-state index contributed by atoms with van der Waals surface area (Å²) in [5.41, 5.74) is 10.4. The van der Waals surface area contributed by atoms with E-state index < -0.39 is 11.8 Å². The number of primary amides is 2. The van der Waals surface area contributed by atoms with Crippen LogP contribution in [0.3, 0.4) is 0 Å². The summed E-state index contributed by atoms with van der Waals surface area (Å²) in [6, 6.07) is -0.737. The number of ether oxygens (including phenoxy) is 8. The van der Waals surface area contributed by atoms with Crippen molar-refractivity contribution in [2.24, 2.45) is 17.4 Å². The maximum absolute atomic E-state index is 12.7. The maximum atomic E-state index is 12.7. The van der Waals surface area contributed by atoms with Crippen molar-refractivity contribution in [2.45, 2.75) is 123 Å². The molecule has 90 heavy (non-hydrogen) atoms. The number of hydrogen-bond acceptors (Lipinski definition) is 23. The van der Waals surface area contributed by atoms with Gasteiger partial charge in [-0.15, -0.1) is 0 Å². The van der Waals surface area contributed by atoms with E-state index in [0.29, 0.717) is 71.1 Å². The van der Waals surface area contributed by atoms with Crippen LogP contribution in [0.5, 0.6) is 0 Å². The van der Waals surface area contributed by atoms with Gasteiger partial charge in [0.15, 0.2) is 10.9 Å². The van der Waals surface area contributed by atoms with Crippen molar-refractivity contribution in [1.29, 1.82) is 0 Å². The maximum Gasteiger partial charge on any atom is 0.246 e. The molecule has 3 atom stereocenters. The van der Waals surface area contributed by atoms with E-state index in [9.17, 15) is 57.5 Å². The zero-order valence-electron chi connectivity index (χ0n) is 53.8. The smallest absolute Gasteiger partial charge is 0.246 e. The lowest BCUT2D eigenvalue weighted by molar-refractivity contribution is -0.131. The van der Waals surface area contributed by atoms with Gasteiger partial charge in [0.1, 0.15) is 32.2 Å². The molecule has 0 aliphatic heterocycles. The average molecular weight is 1310 g/mol. The highest BCUT2D eigenvalue weighted by Gasteiger charge is 2.22. The third-order valence-electron chi connectivity index (χ3n) is 12.2. The third-order valence-corrected chi connectivity index (χ3v) is 13.0. The molecule has 0 saturated carbocycles. The Bertz CT molecular complexity index is 2020. The van der Waals surface area contributed by atoms with Crippen LogP contribution in [0.15, 0.2) is 0 Å². The molecule has 0 aliphatic rings. The zero-order chi connectivity index (χ0) is 67.3. The summed E-state index contributed by atoms with van der Waals surface area (Å²) in [6.45, 7) is 11.3. The summed E-state index contributed by atoms with van der Waals surface area (Å²) in [6.07, 6.45) is 7.07. The summed E-state index contributed by atoms with van der Waals surface area (Å²) in [4.78, 5) is 141. The number of ketones is 2. The van der Waals surface area contributed by atoms with Gasteiger partial charge in [-0.05, 0) is 65.8 Å². The van der Waals surface area contributed by atoms with Crippen LogP contribution in [-0.2, 0) is 95.4 Å². The second kappa shape index (κ2) is 62.0. The highest BCUT2D eigenvalue weighted by molar-refractivity contribution is 8.14. The normalized spacial score (nSPS) is 11.8. The summed E-state index contributed by atoms with van der Waals surface area (Å²) < 4.78 is 42.8. The molecule has 0 heterocycles. The lowest BCUT2D eigenvalue weighted by Crippen LogP contribution is -2.43. The summed E-state index contributed by atoms with van der Waals surface area (Å²) in [5, 5.41) is 24.5. The average Bonchev–Trinajstić information content (AvgIpc) is 3.53. The van der Waals surface area contributed by atoms with Gasteiger partial charge in [-0.3, -0.25) is 62.9 Å². The molecule has 0 saturated heterocycles. The molecular formula is C58H107N11O20S. The molecule has 0 radical (unpaired) electrons. The van der Waals surface area contributed by atoms with Gasteiger partial charge < -0.3 is 91.9 Å². The monoisotopic (exact) mass is 1310 g/mol. The minimum atomic E-state index is -0.539. The molecule has 9 amide bonds. The van der Waals surface area contributed by atoms with Gasteiger partial charge in [0, 0.05) is 77.9 Å². The van der Waals surface area contributed by atoms with Crippen LogP contribution < -0.4 is 59.3 Å². The zero-order valence-corrected chi connectivity index (χ0v) is 54.6. The van der Waals surface area contributed by atoms with Crippen LogP contribution in [0.4, 0.5) is 0 Å². The fraction of sp³-hybridized carbons (Fsp3) is 0.793. The minimum Gasteiger partial charge on any atom is -0.377 e. The SMILES string of the molecule is CCCC[C@H](NCC(C)=O)C(N)=O.CCNC(=O)[C@H](CCCCNC(=O)CCCC(=O)NCCOCCOCC(=O)NCCOCCOCC(=O)NCCCC[C@H](NC)C(N)=O)CC(=O)COCCOCCNC(=O)COCCOCCNC(=O)CSC(C)=O. The van der Waals surface area contributed by atoms with E-state index in [2.05, 4.69) is 47.9 Å². The molecule has 520 valence electrons. The number of unbranched alkanes of at least 4 members (excludes halogenated alkanes) is 3. The highest BCUT2D eigenvalue weighted by Crippen LogP contribution is 2.14. The first-order valence-corrected chi connectivity index (χ1v) is 31.9. The number of amides is 9. The van der Waals surface area contributed by atoms with Crippen molar-refractivity contribution in [3.63, 3.8) is 0 Å². The van der Waals surface area contributed by atoms with E-state index in [4.69, 9.17) is 49.4 Å². The van der Waals surface area contributed by atoms with Crippen molar-refractivity contribution < 1.29 is 95.4 Å². The number of carbonyl (C=O) groups is 12. The van der Waals surface area contributed by atoms with Crippen molar-refractivity contribution in [3.8, 4) is 0 Å². The molecule has 32 heteroatoms. The standard InChI is InChI=1S/C49H89N9O18S.C9H18N2O2/c1-4-52-49(68)39(32-40(60)33-73-28-24-70-21-17-56-45(64)36-76-31-27-72-23-19-58-47(66)37-77-38(2)59)10-5-7-14-53-42(61)12-9-13-43(62)55-16-20-69-25-30-75-35-46(65)57-18-22-71-26-29-74-34-44(63)54-15-8-6-11-41(51-3)48(50)67;1-3-4-5-8(9(10)13)11-6-7(2)12/h39,41,51H,4-37H2,1-3H3,(H2,50,67)(H,52,68)(H,53,61)(H,54,63)(H,55,62)(H,56,64)(H,57,65)(H,58,66);8,11H,3-6H2,1-2H3,(H2,10,13)/t39-,41+;8-/m10/s1. The van der Waals surface area contributed by atoms with Gasteiger partial charge >= 0.3 is 0 Å². The quantitative estimate of drug-likeness (QED) is 0.0283. The number of nitrogens with one attached hydrogen (secondary N) is 9. The Balaban J connectivity index is 0. The molecule has 0 rings (SSSR count). The molecule has 0 bridgehead atoms. The Hall–Kier alpha value is -5.81. The number of likely N-dealkylation sites (N-methyl/N-ethyl adjacent to an activating group) is 1. The molecule has 31 nitrogen and oxygen atoms in total. The molecule has 0 spiro atoms. The predicted molar refractivity (Wildman–Crippen MR) is 334 cm³/mol. The number of rotatable bonds is 61. The molecule has 0 aromatic heterocycles. The van der Waals surface area contributed by atoms with Crippen molar-refractivity contribution in [1.82, 2.24) is 47.9 Å². The second-order valence-corrected chi connectivity index (χ2v) is 21.3. The fourth-order valence-corrected chi connectivity index (χ4v) is 7.88. The van der Waals surface area contributed by atoms with E-state index in [1.165, 1.54) is 13.8 Å². The predicted octanol–water partition coefficient (Wildman–Crippen LogP) is -2.40. The Kier molecular flexibility index (Phi) is 59.4. The van der Waals surface area contributed by atoms with Gasteiger partial charge in [-0.1, -0.05) is 37.9 Å². The van der Waals surface area contributed by atoms with Crippen LogP contribution in [-0.4, -0.2) is 253 Å². The second-order valence-electron chi connectivity index (χ2n) is 20.1. The largest absolute Gasteiger partial charge is 0.377 e. The van der Waals surface area contributed by atoms with E-state index in [0.717, 1.165) is 31.0 Å². The Morgan fingerprint density at radius 1 is 0.422 bits per heavy atom. The third kappa shape index (κ3) is 59.8. The number of hydrogen-bond donors (Lipinski definition) is 11. The van der Waals surface area contributed by atoms with Crippen molar-refractivity contribution in [2.75, 3.05) is 171 Å². The van der Waals surface area contributed by atoms with E-state index >= 15 is 0 Å². The molecule has 0 fully saturated rings. The molecule has 13 N–H and O–H groups in total. The topological polar surface area (TPSA) is 439 Å². The van der Waals surface area contributed by atoms with E-state index in [-0.39, 0.29) is 233 Å². The summed E-state index contributed by atoms with van der Waals surface area (Å²) in [7, 11) is 1.67. The Morgan fingerprint density at radius 3 is 1.24 bits per heavy atom. The highest BCUT2D eigenvalue weighted by atomic mass is 32.2. The molecule has 0 aromatic rings. The fourth-order valence-electron chi connectivity index (χ4n) is 7.44. The molecule has 0 aliphatic carbocycles. The Labute approximate surface area is 534 Å². The number of Topliss-reactive ketones (excluding diaryl/α,β-unsaturated/α-hetero) is 2. The van der Waals surface area contributed by atoms with E-state index in [1.54, 1.807) is 14.0 Å². The van der Waals surface area contributed by atoms with Crippen LogP contribution in [0.2, 0.25) is 0 Å². The van der Waals surface area contributed by atoms with Crippen molar-refractivity contribution in [3.05, 3.63) is 0 Å². The summed E-state index contributed by atoms with van der Waals surface area (Å²) in [5.74, 6) is -3.25. The van der Waals surface area contributed by atoms with E-state index in [1.807, 2.05) is 6.92 Å². The van der Waals surface area contributed by atoms with Crippen LogP contribution in [0, 0.1) is 5.92 Å². The number of carbonyl (C=O) groups excluding carboxylic acids is 12.